The van der Waals surface area contributed by atoms with E-state index in [4.69, 9.17) is 18.0 Å². The summed E-state index contributed by atoms with van der Waals surface area (Å²) in [7, 11) is 1.86. The van der Waals surface area contributed by atoms with Crippen LogP contribution in [-0.4, -0.2) is 14.8 Å². The Kier molecular flexibility index (Phi) is 2.01. The normalized spacial score (nSPS) is 9.70. The Bertz CT molecular complexity index is 241. The average Bonchev–Trinajstić information content (AvgIpc) is 2.13. The molecule has 1 rings (SSSR count). The Morgan fingerprint density at radius 3 is 3.00 bits per heavy atom. The highest BCUT2D eigenvalue weighted by Gasteiger charge is 1.95. The van der Waals surface area contributed by atoms with Crippen molar-refractivity contribution in [2.24, 2.45) is 12.8 Å². The summed E-state index contributed by atoms with van der Waals surface area (Å²) >= 11 is 4.73. The summed E-state index contributed by atoms with van der Waals surface area (Å²) in [5.41, 5.74) is 6.39. The number of rotatable bonds is 2. The van der Waals surface area contributed by atoms with Crippen LogP contribution in [0.15, 0.2) is 12.4 Å². The number of aromatic nitrogens is 2. The van der Waals surface area contributed by atoms with Gasteiger partial charge in [-0.15, -0.1) is 0 Å². The van der Waals surface area contributed by atoms with Gasteiger partial charge < -0.3 is 5.73 Å². The molecule has 1 heterocycles. The Morgan fingerprint density at radius 1 is 1.90 bits per heavy atom. The molecule has 3 nitrogen and oxygen atoms in total. The van der Waals surface area contributed by atoms with E-state index in [1.54, 1.807) is 10.9 Å². The number of thiocarbonyl (C=S) groups is 1. The molecule has 2 N–H and O–H groups in total. The van der Waals surface area contributed by atoms with Crippen LogP contribution < -0.4 is 5.73 Å². The van der Waals surface area contributed by atoms with Crippen molar-refractivity contribution in [3.05, 3.63) is 18.0 Å². The fourth-order valence-electron chi connectivity index (χ4n) is 0.764. The van der Waals surface area contributed by atoms with E-state index >= 15 is 0 Å². The van der Waals surface area contributed by atoms with E-state index in [9.17, 15) is 0 Å². The third-order valence-corrected chi connectivity index (χ3v) is 1.28. The summed E-state index contributed by atoms with van der Waals surface area (Å²) in [5, 5.41) is 3.97. The zero-order valence-electron chi connectivity index (χ0n) is 5.74. The Hall–Kier alpha value is -0.900. The van der Waals surface area contributed by atoms with Crippen molar-refractivity contribution in [2.45, 2.75) is 6.42 Å². The van der Waals surface area contributed by atoms with Crippen molar-refractivity contribution < 1.29 is 0 Å². The summed E-state index contributed by atoms with van der Waals surface area (Å²) in [6, 6.07) is 0. The van der Waals surface area contributed by atoms with Crippen LogP contribution in [0.5, 0.6) is 0 Å². The van der Waals surface area contributed by atoms with Crippen LogP contribution in [-0.2, 0) is 13.5 Å². The van der Waals surface area contributed by atoms with Crippen LogP contribution in [0.3, 0.4) is 0 Å². The van der Waals surface area contributed by atoms with E-state index in [2.05, 4.69) is 5.10 Å². The van der Waals surface area contributed by atoms with E-state index in [0.717, 1.165) is 5.56 Å². The highest BCUT2D eigenvalue weighted by Crippen LogP contribution is 1.96. The van der Waals surface area contributed by atoms with Crippen molar-refractivity contribution in [1.29, 1.82) is 0 Å². The monoisotopic (exact) mass is 155 g/mol. The van der Waals surface area contributed by atoms with Gasteiger partial charge in [0.05, 0.1) is 11.2 Å². The minimum atomic E-state index is 0.507. The lowest BCUT2D eigenvalue weighted by Crippen LogP contribution is -2.10. The van der Waals surface area contributed by atoms with Crippen molar-refractivity contribution >= 4 is 17.2 Å². The van der Waals surface area contributed by atoms with Crippen molar-refractivity contribution in [2.75, 3.05) is 0 Å². The lowest BCUT2D eigenvalue weighted by atomic mass is 10.3. The molecule has 0 saturated carbocycles. The molecule has 1 aromatic heterocycles. The zero-order chi connectivity index (χ0) is 7.56. The maximum atomic E-state index is 5.33. The maximum absolute atomic E-state index is 5.33. The molecule has 0 atom stereocenters. The van der Waals surface area contributed by atoms with Crippen molar-refractivity contribution in [1.82, 2.24) is 9.78 Å². The number of nitrogens with zero attached hydrogens (tertiary/aromatic N) is 2. The van der Waals surface area contributed by atoms with Gasteiger partial charge in [-0.3, -0.25) is 4.68 Å². The predicted molar refractivity (Wildman–Crippen MR) is 43.7 cm³/mol. The topological polar surface area (TPSA) is 43.8 Å². The summed E-state index contributed by atoms with van der Waals surface area (Å²) in [5.74, 6) is 0. The average molecular weight is 155 g/mol. The van der Waals surface area contributed by atoms with E-state index < -0.39 is 0 Å². The molecular weight excluding hydrogens is 146 g/mol. The van der Waals surface area contributed by atoms with Crippen LogP contribution in [0.1, 0.15) is 5.56 Å². The number of nitrogens with two attached hydrogens (primary N) is 1. The van der Waals surface area contributed by atoms with Crippen LogP contribution >= 0.6 is 12.2 Å². The molecule has 0 fully saturated rings. The summed E-state index contributed by atoms with van der Waals surface area (Å²) in [6.07, 6.45) is 4.31. The standard InChI is InChI=1S/C6H9N3S/c1-9-4-5(3-8-9)2-6(7)10/h3-4H,2H2,1H3,(H2,7,10). The molecule has 10 heavy (non-hydrogen) atoms. The lowest BCUT2D eigenvalue weighted by Gasteiger charge is -1.90. The highest BCUT2D eigenvalue weighted by atomic mass is 32.1. The fraction of sp³-hybridized carbons (Fsp3) is 0.333. The summed E-state index contributed by atoms with van der Waals surface area (Å²) < 4.78 is 1.73. The zero-order valence-corrected chi connectivity index (χ0v) is 6.56. The van der Waals surface area contributed by atoms with Gasteiger partial charge >= 0.3 is 0 Å². The number of aryl methyl sites for hydroxylation is 1. The predicted octanol–water partition coefficient (Wildman–Crippen LogP) is 0.249. The van der Waals surface area contributed by atoms with Crippen molar-refractivity contribution in [3.8, 4) is 0 Å². The molecule has 4 heteroatoms. The van der Waals surface area contributed by atoms with Crippen LogP contribution in [0.25, 0.3) is 0 Å². The van der Waals surface area contributed by atoms with Gasteiger partial charge in [-0.25, -0.2) is 0 Å². The van der Waals surface area contributed by atoms with E-state index in [-0.39, 0.29) is 0 Å². The summed E-state index contributed by atoms with van der Waals surface area (Å²) in [4.78, 5) is 0.507. The van der Waals surface area contributed by atoms with Gasteiger partial charge in [-0.2, -0.15) is 5.10 Å². The first-order valence-electron chi connectivity index (χ1n) is 2.94. The fourth-order valence-corrected chi connectivity index (χ4v) is 0.931. The highest BCUT2D eigenvalue weighted by molar-refractivity contribution is 7.80. The molecule has 0 bridgehead atoms. The quantitative estimate of drug-likeness (QED) is 0.622. The second-order valence-electron chi connectivity index (χ2n) is 2.17. The van der Waals surface area contributed by atoms with E-state index in [1.165, 1.54) is 0 Å². The van der Waals surface area contributed by atoms with E-state index in [0.29, 0.717) is 11.4 Å². The molecule has 0 unspecified atom stereocenters. The Morgan fingerprint density at radius 2 is 2.60 bits per heavy atom. The van der Waals surface area contributed by atoms with Crippen LogP contribution in [0.2, 0.25) is 0 Å². The molecule has 0 aliphatic carbocycles. The third kappa shape index (κ3) is 1.80. The molecule has 0 radical (unpaired) electrons. The van der Waals surface area contributed by atoms with Gasteiger partial charge in [0.15, 0.2) is 0 Å². The minimum Gasteiger partial charge on any atom is -0.393 e. The van der Waals surface area contributed by atoms with Gasteiger partial charge in [-0.1, -0.05) is 12.2 Å². The second kappa shape index (κ2) is 2.79. The smallest absolute Gasteiger partial charge is 0.0772 e. The molecule has 0 spiro atoms. The van der Waals surface area contributed by atoms with Crippen molar-refractivity contribution in [3.63, 3.8) is 0 Å². The van der Waals surface area contributed by atoms with Crippen LogP contribution in [0.4, 0.5) is 0 Å². The second-order valence-corrected chi connectivity index (χ2v) is 2.69. The van der Waals surface area contributed by atoms with Gasteiger partial charge in [0, 0.05) is 19.7 Å². The SMILES string of the molecule is Cn1cc(CC(N)=S)cn1. The summed E-state index contributed by atoms with van der Waals surface area (Å²) in [6.45, 7) is 0. The lowest BCUT2D eigenvalue weighted by molar-refractivity contribution is 0.767. The first kappa shape index (κ1) is 7.21. The third-order valence-electron chi connectivity index (χ3n) is 1.14. The molecule has 0 aliphatic heterocycles. The first-order valence-corrected chi connectivity index (χ1v) is 3.35. The van der Waals surface area contributed by atoms with Gasteiger partial charge in [0.1, 0.15) is 0 Å². The number of hydrogen-bond donors (Lipinski definition) is 1. The molecule has 0 aliphatic rings. The molecule has 0 saturated heterocycles. The Labute approximate surface area is 64.8 Å². The number of hydrogen-bond acceptors (Lipinski definition) is 2. The first-order chi connectivity index (χ1) is 4.68. The van der Waals surface area contributed by atoms with Crippen LogP contribution in [0, 0.1) is 0 Å². The van der Waals surface area contributed by atoms with E-state index in [1.807, 2.05) is 13.2 Å². The van der Waals surface area contributed by atoms with Gasteiger partial charge in [0.25, 0.3) is 0 Å². The van der Waals surface area contributed by atoms with Gasteiger partial charge in [-0.05, 0) is 5.56 Å². The molecule has 0 aromatic carbocycles. The Balaban J connectivity index is 2.67. The maximum Gasteiger partial charge on any atom is 0.0772 e. The molecular formula is C6H9N3S. The molecule has 54 valence electrons. The molecule has 0 amide bonds. The largest absolute Gasteiger partial charge is 0.393 e. The minimum absolute atomic E-state index is 0.507. The van der Waals surface area contributed by atoms with Gasteiger partial charge in [0.2, 0.25) is 0 Å². The molecule has 1 aromatic rings.